The van der Waals surface area contributed by atoms with Crippen LogP contribution in [0.1, 0.15) is 33.1 Å². The number of aliphatic carboxylic acids is 1. The summed E-state index contributed by atoms with van der Waals surface area (Å²) in [4.78, 5) is 24.9. The lowest BCUT2D eigenvalue weighted by molar-refractivity contribution is -0.143. The standard InChI is InChI=1S/C12H20N2O3/c1-7(2)13-6-11(15)14-8-3-4-10(14)9(5-8)12(16)17/h7-10,13H,3-6H2,1-2H3,(H,16,17). The smallest absolute Gasteiger partial charge is 0.308 e. The highest BCUT2D eigenvalue weighted by Crippen LogP contribution is 2.41. The van der Waals surface area contributed by atoms with E-state index in [1.807, 2.05) is 18.7 Å². The number of nitrogens with zero attached hydrogens (tertiary/aromatic N) is 1. The van der Waals surface area contributed by atoms with E-state index in [4.69, 9.17) is 5.11 Å². The van der Waals surface area contributed by atoms with Crippen molar-refractivity contribution < 1.29 is 14.7 Å². The van der Waals surface area contributed by atoms with Crippen LogP contribution in [-0.2, 0) is 9.59 Å². The maximum Gasteiger partial charge on any atom is 0.308 e. The van der Waals surface area contributed by atoms with Crippen molar-refractivity contribution in [2.24, 2.45) is 5.92 Å². The highest BCUT2D eigenvalue weighted by Gasteiger charge is 2.50. The van der Waals surface area contributed by atoms with Crippen LogP contribution in [0.5, 0.6) is 0 Å². The second-order valence-corrected chi connectivity index (χ2v) is 5.32. The summed E-state index contributed by atoms with van der Waals surface area (Å²) >= 11 is 0. The van der Waals surface area contributed by atoms with E-state index >= 15 is 0 Å². The molecule has 0 aromatic heterocycles. The summed E-state index contributed by atoms with van der Waals surface area (Å²) in [5, 5.41) is 12.2. The molecule has 0 aliphatic carbocycles. The van der Waals surface area contributed by atoms with Crippen molar-refractivity contribution in [3.05, 3.63) is 0 Å². The minimum Gasteiger partial charge on any atom is -0.481 e. The highest BCUT2D eigenvalue weighted by molar-refractivity contribution is 5.82. The maximum atomic E-state index is 12.0. The molecule has 2 aliphatic heterocycles. The Hall–Kier alpha value is -1.10. The second kappa shape index (κ2) is 4.64. The molecule has 2 heterocycles. The third-order valence-corrected chi connectivity index (χ3v) is 3.80. The topological polar surface area (TPSA) is 69.6 Å². The highest BCUT2D eigenvalue weighted by atomic mass is 16.4. The van der Waals surface area contributed by atoms with Crippen molar-refractivity contribution in [3.8, 4) is 0 Å². The Bertz CT molecular complexity index is 330. The van der Waals surface area contributed by atoms with Crippen molar-refractivity contribution in [1.82, 2.24) is 10.2 Å². The van der Waals surface area contributed by atoms with E-state index in [1.165, 1.54) is 0 Å². The van der Waals surface area contributed by atoms with Crippen LogP contribution in [0.3, 0.4) is 0 Å². The van der Waals surface area contributed by atoms with Gasteiger partial charge in [0.1, 0.15) is 0 Å². The maximum absolute atomic E-state index is 12.0. The molecule has 2 aliphatic rings. The van der Waals surface area contributed by atoms with Gasteiger partial charge >= 0.3 is 5.97 Å². The lowest BCUT2D eigenvalue weighted by Gasteiger charge is -2.23. The number of carboxylic acids is 1. The molecule has 3 atom stereocenters. The fourth-order valence-corrected chi connectivity index (χ4v) is 3.03. The number of hydrogen-bond acceptors (Lipinski definition) is 3. The monoisotopic (exact) mass is 240 g/mol. The zero-order chi connectivity index (χ0) is 12.6. The molecular formula is C12H20N2O3. The van der Waals surface area contributed by atoms with Crippen LogP contribution in [0.2, 0.25) is 0 Å². The summed E-state index contributed by atoms with van der Waals surface area (Å²) < 4.78 is 0. The molecule has 3 unspecified atom stereocenters. The third kappa shape index (κ3) is 2.29. The van der Waals surface area contributed by atoms with Gasteiger partial charge in [0.25, 0.3) is 0 Å². The molecule has 0 radical (unpaired) electrons. The minimum atomic E-state index is -0.758. The van der Waals surface area contributed by atoms with Gasteiger partial charge in [-0.05, 0) is 19.3 Å². The Morgan fingerprint density at radius 1 is 1.41 bits per heavy atom. The number of hydrogen-bond donors (Lipinski definition) is 2. The zero-order valence-electron chi connectivity index (χ0n) is 10.3. The average molecular weight is 240 g/mol. The van der Waals surface area contributed by atoms with E-state index in [0.29, 0.717) is 13.0 Å². The van der Waals surface area contributed by atoms with Crippen LogP contribution in [0.4, 0.5) is 0 Å². The van der Waals surface area contributed by atoms with Crippen LogP contribution < -0.4 is 5.32 Å². The largest absolute Gasteiger partial charge is 0.481 e. The van der Waals surface area contributed by atoms with Gasteiger partial charge in [-0.15, -0.1) is 0 Å². The fraction of sp³-hybridized carbons (Fsp3) is 0.833. The van der Waals surface area contributed by atoms with Gasteiger partial charge in [-0.25, -0.2) is 0 Å². The number of carboxylic acid groups (broad SMARTS) is 1. The summed E-state index contributed by atoms with van der Waals surface area (Å²) in [6, 6.07) is 0.357. The molecule has 2 bridgehead atoms. The van der Waals surface area contributed by atoms with E-state index < -0.39 is 5.97 Å². The SMILES string of the molecule is CC(C)NCC(=O)N1C2CCC1C(C(=O)O)C2. The lowest BCUT2D eigenvalue weighted by Crippen LogP contribution is -2.43. The number of rotatable bonds is 4. The number of fused-ring (bicyclic) bond motifs is 2. The van der Waals surface area contributed by atoms with Crippen molar-refractivity contribution in [3.63, 3.8) is 0 Å². The van der Waals surface area contributed by atoms with E-state index in [9.17, 15) is 9.59 Å². The Morgan fingerprint density at radius 3 is 2.65 bits per heavy atom. The summed E-state index contributed by atoms with van der Waals surface area (Å²) in [5.41, 5.74) is 0. The average Bonchev–Trinajstić information content (AvgIpc) is 2.82. The molecular weight excluding hydrogens is 220 g/mol. The Labute approximate surface area is 101 Å². The molecule has 5 nitrogen and oxygen atoms in total. The van der Waals surface area contributed by atoms with Crippen LogP contribution >= 0.6 is 0 Å². The number of carbonyl (C=O) groups is 2. The molecule has 0 spiro atoms. The van der Waals surface area contributed by atoms with Crippen molar-refractivity contribution in [1.29, 1.82) is 0 Å². The molecule has 2 rings (SSSR count). The Kier molecular flexibility index (Phi) is 3.38. The predicted octanol–water partition coefficient (Wildman–Crippen LogP) is 0.449. The summed E-state index contributed by atoms with van der Waals surface area (Å²) in [5.74, 6) is -1.06. The predicted molar refractivity (Wildman–Crippen MR) is 62.5 cm³/mol. The zero-order valence-corrected chi connectivity index (χ0v) is 10.3. The van der Waals surface area contributed by atoms with Gasteiger partial charge in [-0.1, -0.05) is 13.8 Å². The van der Waals surface area contributed by atoms with Crippen LogP contribution in [0, 0.1) is 5.92 Å². The van der Waals surface area contributed by atoms with Gasteiger partial charge in [0.2, 0.25) is 5.91 Å². The first kappa shape index (κ1) is 12.4. The van der Waals surface area contributed by atoms with Crippen molar-refractivity contribution in [2.45, 2.75) is 51.2 Å². The van der Waals surface area contributed by atoms with Crippen molar-refractivity contribution in [2.75, 3.05) is 6.54 Å². The van der Waals surface area contributed by atoms with E-state index in [2.05, 4.69) is 5.32 Å². The van der Waals surface area contributed by atoms with Crippen LogP contribution in [0.25, 0.3) is 0 Å². The van der Waals surface area contributed by atoms with Gasteiger partial charge in [0.05, 0.1) is 12.5 Å². The first-order chi connectivity index (χ1) is 8.00. The first-order valence-corrected chi connectivity index (χ1v) is 6.28. The summed E-state index contributed by atoms with van der Waals surface area (Å²) in [6.45, 7) is 4.30. The van der Waals surface area contributed by atoms with E-state index in [1.54, 1.807) is 0 Å². The third-order valence-electron chi connectivity index (χ3n) is 3.80. The van der Waals surface area contributed by atoms with Gasteiger partial charge < -0.3 is 15.3 Å². The molecule has 17 heavy (non-hydrogen) atoms. The number of carbonyl (C=O) groups excluding carboxylic acids is 1. The van der Waals surface area contributed by atoms with Crippen LogP contribution in [0.15, 0.2) is 0 Å². The molecule has 0 aromatic rings. The number of nitrogens with one attached hydrogen (secondary N) is 1. The van der Waals surface area contributed by atoms with E-state index in [0.717, 1.165) is 12.8 Å². The first-order valence-electron chi connectivity index (χ1n) is 6.28. The second-order valence-electron chi connectivity index (χ2n) is 5.32. The lowest BCUT2D eigenvalue weighted by atomic mass is 9.89. The Balaban J connectivity index is 1.98. The fourth-order valence-electron chi connectivity index (χ4n) is 3.03. The quantitative estimate of drug-likeness (QED) is 0.748. The van der Waals surface area contributed by atoms with Gasteiger partial charge in [-0.3, -0.25) is 9.59 Å². The molecule has 2 N–H and O–H groups in total. The summed E-state index contributed by atoms with van der Waals surface area (Å²) in [6.07, 6.45) is 2.43. The van der Waals surface area contributed by atoms with E-state index in [-0.39, 0.29) is 30.0 Å². The molecule has 96 valence electrons. The van der Waals surface area contributed by atoms with Gasteiger partial charge in [0.15, 0.2) is 0 Å². The minimum absolute atomic E-state index is 0.0509. The van der Waals surface area contributed by atoms with Gasteiger partial charge in [0, 0.05) is 18.1 Å². The molecule has 0 aromatic carbocycles. The van der Waals surface area contributed by atoms with Crippen LogP contribution in [-0.4, -0.2) is 46.6 Å². The van der Waals surface area contributed by atoms with Gasteiger partial charge in [-0.2, -0.15) is 0 Å². The molecule has 5 heteroatoms. The summed E-state index contributed by atoms with van der Waals surface area (Å²) in [7, 11) is 0. The normalized spacial score (nSPS) is 31.2. The molecule has 2 saturated heterocycles. The number of amides is 1. The molecule has 1 amide bonds. The molecule has 2 fully saturated rings. The molecule has 0 saturated carbocycles. The Morgan fingerprint density at radius 2 is 2.12 bits per heavy atom. The van der Waals surface area contributed by atoms with Crippen molar-refractivity contribution >= 4 is 11.9 Å².